The van der Waals surface area contributed by atoms with Crippen LogP contribution in [-0.2, 0) is 6.42 Å². The molecule has 1 rings (SSSR count). The zero-order chi connectivity index (χ0) is 15.2. The molecule has 0 saturated carbocycles. The normalized spacial score (nSPS) is 11.6. The number of rotatable bonds is 5. The summed E-state index contributed by atoms with van der Waals surface area (Å²) in [5.74, 6) is 6.42. The highest BCUT2D eigenvalue weighted by molar-refractivity contribution is 5.39. The molecule has 0 aliphatic carbocycles. The second-order valence-electron chi connectivity index (χ2n) is 5.98. The lowest BCUT2D eigenvalue weighted by Gasteiger charge is -2.30. The van der Waals surface area contributed by atoms with Crippen LogP contribution < -0.4 is 5.73 Å². The molecule has 0 aliphatic rings. The molecule has 0 saturated heterocycles. The minimum atomic E-state index is -0.937. The Morgan fingerprint density at radius 2 is 1.85 bits per heavy atom. The Bertz CT molecular complexity index is 472. The van der Waals surface area contributed by atoms with E-state index in [1.165, 1.54) is 5.56 Å². The van der Waals surface area contributed by atoms with Crippen LogP contribution in [0.15, 0.2) is 24.3 Å². The quantitative estimate of drug-likeness (QED) is 0.810. The summed E-state index contributed by atoms with van der Waals surface area (Å²) in [6.45, 7) is 8.73. The predicted octanol–water partition coefficient (Wildman–Crippen LogP) is 2.97. The lowest BCUT2D eigenvalue weighted by Crippen LogP contribution is -2.39. The van der Waals surface area contributed by atoms with E-state index in [0.717, 1.165) is 18.4 Å². The van der Waals surface area contributed by atoms with Crippen LogP contribution in [0.2, 0.25) is 0 Å². The van der Waals surface area contributed by atoms with E-state index in [9.17, 15) is 5.11 Å². The number of aliphatic hydroxyl groups is 1. The molecule has 0 radical (unpaired) electrons. The molecular weight excluding hydrogens is 246 g/mol. The maximum atomic E-state index is 10.6. The van der Waals surface area contributed by atoms with Crippen molar-refractivity contribution in [2.75, 3.05) is 6.54 Å². The van der Waals surface area contributed by atoms with Gasteiger partial charge in [-0.2, -0.15) is 0 Å². The number of hydrogen-bond acceptors (Lipinski definition) is 2. The van der Waals surface area contributed by atoms with Gasteiger partial charge >= 0.3 is 0 Å². The second kappa shape index (κ2) is 7.47. The third-order valence-corrected chi connectivity index (χ3v) is 3.76. The van der Waals surface area contributed by atoms with Gasteiger partial charge in [-0.1, -0.05) is 51.7 Å². The van der Waals surface area contributed by atoms with Crippen LogP contribution >= 0.6 is 0 Å². The monoisotopic (exact) mass is 273 g/mol. The third-order valence-electron chi connectivity index (χ3n) is 3.76. The maximum Gasteiger partial charge on any atom is 0.130 e. The summed E-state index contributed by atoms with van der Waals surface area (Å²) in [5, 5.41) is 10.6. The predicted molar refractivity (Wildman–Crippen MR) is 85.3 cm³/mol. The molecule has 0 fully saturated rings. The summed E-state index contributed by atoms with van der Waals surface area (Å²) >= 11 is 0. The third kappa shape index (κ3) is 4.37. The summed E-state index contributed by atoms with van der Waals surface area (Å²) in [6.07, 6.45) is 1.96. The van der Waals surface area contributed by atoms with Crippen LogP contribution in [0.1, 0.15) is 45.2 Å². The Balaban J connectivity index is 2.95. The van der Waals surface area contributed by atoms with Crippen molar-refractivity contribution >= 4 is 0 Å². The summed E-state index contributed by atoms with van der Waals surface area (Å²) in [5.41, 5.74) is 6.81. The minimum absolute atomic E-state index is 0.107. The first-order valence-corrected chi connectivity index (χ1v) is 7.44. The molecule has 1 aromatic rings. The van der Waals surface area contributed by atoms with E-state index in [1.54, 1.807) is 0 Å². The van der Waals surface area contributed by atoms with Gasteiger partial charge < -0.3 is 10.8 Å². The van der Waals surface area contributed by atoms with Gasteiger partial charge in [0, 0.05) is 5.56 Å². The zero-order valence-corrected chi connectivity index (χ0v) is 13.1. The summed E-state index contributed by atoms with van der Waals surface area (Å²) in [6, 6.07) is 8.18. The van der Waals surface area contributed by atoms with E-state index in [1.807, 2.05) is 39.8 Å². The van der Waals surface area contributed by atoms with Crippen LogP contribution in [0.25, 0.3) is 0 Å². The summed E-state index contributed by atoms with van der Waals surface area (Å²) in [7, 11) is 0. The van der Waals surface area contributed by atoms with E-state index >= 15 is 0 Å². The first-order valence-electron chi connectivity index (χ1n) is 7.44. The molecule has 110 valence electrons. The molecule has 0 amide bonds. The summed E-state index contributed by atoms with van der Waals surface area (Å²) < 4.78 is 0. The van der Waals surface area contributed by atoms with Crippen LogP contribution in [0.3, 0.4) is 0 Å². The van der Waals surface area contributed by atoms with E-state index in [0.29, 0.717) is 6.54 Å². The average Bonchev–Trinajstić information content (AvgIpc) is 2.42. The van der Waals surface area contributed by atoms with Crippen LogP contribution in [0.4, 0.5) is 0 Å². The molecule has 3 N–H and O–H groups in total. The molecule has 0 aromatic heterocycles. The van der Waals surface area contributed by atoms with Gasteiger partial charge in [-0.25, -0.2) is 0 Å². The lowest BCUT2D eigenvalue weighted by atomic mass is 9.81. The van der Waals surface area contributed by atoms with Crippen LogP contribution in [0, 0.1) is 23.7 Å². The first kappa shape index (κ1) is 16.8. The smallest absolute Gasteiger partial charge is 0.130 e. The van der Waals surface area contributed by atoms with Crippen molar-refractivity contribution in [2.24, 2.45) is 17.6 Å². The number of benzene rings is 1. The van der Waals surface area contributed by atoms with Gasteiger partial charge in [0.15, 0.2) is 0 Å². The van der Waals surface area contributed by atoms with Crippen molar-refractivity contribution in [3.05, 3.63) is 35.4 Å². The van der Waals surface area contributed by atoms with E-state index in [2.05, 4.69) is 24.0 Å². The van der Waals surface area contributed by atoms with Crippen molar-refractivity contribution in [3.8, 4) is 11.8 Å². The number of hydrogen-bond donors (Lipinski definition) is 2. The topological polar surface area (TPSA) is 46.2 Å². The lowest BCUT2D eigenvalue weighted by molar-refractivity contribution is 0.00931. The molecule has 0 heterocycles. The second-order valence-corrected chi connectivity index (χ2v) is 5.98. The highest BCUT2D eigenvalue weighted by Gasteiger charge is 2.32. The Hall–Kier alpha value is -1.30. The highest BCUT2D eigenvalue weighted by atomic mass is 16.3. The highest BCUT2D eigenvalue weighted by Crippen LogP contribution is 2.25. The van der Waals surface area contributed by atoms with Crippen molar-refractivity contribution in [2.45, 2.75) is 46.1 Å². The molecule has 0 aliphatic heterocycles. The van der Waals surface area contributed by atoms with Crippen molar-refractivity contribution in [1.29, 1.82) is 0 Å². The Morgan fingerprint density at radius 3 is 2.40 bits per heavy atom. The molecular formula is C18H27NO. The molecule has 0 atom stereocenters. The minimum Gasteiger partial charge on any atom is -0.377 e. The summed E-state index contributed by atoms with van der Waals surface area (Å²) in [4.78, 5) is 0. The standard InChI is InChI=1S/C18H27NO/c1-14(2)18(20,15(3)4)11-10-17-8-5-7-16(13-17)9-6-12-19/h5,7-8,13-15,20H,6,9,12,19H2,1-4H3. The molecule has 2 nitrogen and oxygen atoms in total. The van der Waals surface area contributed by atoms with Gasteiger partial charge in [0.25, 0.3) is 0 Å². The average molecular weight is 273 g/mol. The van der Waals surface area contributed by atoms with E-state index < -0.39 is 5.60 Å². The maximum absolute atomic E-state index is 10.6. The van der Waals surface area contributed by atoms with Gasteiger partial charge in [-0.15, -0.1) is 0 Å². The molecule has 0 spiro atoms. The Labute approximate surface area is 123 Å². The van der Waals surface area contributed by atoms with Crippen molar-refractivity contribution in [1.82, 2.24) is 0 Å². The molecule has 1 aromatic carbocycles. The fourth-order valence-corrected chi connectivity index (χ4v) is 2.24. The Morgan fingerprint density at radius 1 is 1.20 bits per heavy atom. The largest absolute Gasteiger partial charge is 0.377 e. The van der Waals surface area contributed by atoms with Crippen molar-refractivity contribution < 1.29 is 5.11 Å². The molecule has 0 unspecified atom stereocenters. The Kier molecular flexibility index (Phi) is 6.26. The van der Waals surface area contributed by atoms with Gasteiger partial charge in [-0.3, -0.25) is 0 Å². The van der Waals surface area contributed by atoms with Gasteiger partial charge in [0.2, 0.25) is 0 Å². The fraction of sp³-hybridized carbons (Fsp3) is 0.556. The fourth-order valence-electron chi connectivity index (χ4n) is 2.24. The van der Waals surface area contributed by atoms with Crippen LogP contribution in [0.5, 0.6) is 0 Å². The van der Waals surface area contributed by atoms with E-state index in [-0.39, 0.29) is 11.8 Å². The zero-order valence-electron chi connectivity index (χ0n) is 13.1. The van der Waals surface area contributed by atoms with Gasteiger partial charge in [-0.05, 0) is 48.9 Å². The number of nitrogens with two attached hydrogens (primary N) is 1. The molecule has 2 heteroatoms. The molecule has 20 heavy (non-hydrogen) atoms. The van der Waals surface area contributed by atoms with E-state index in [4.69, 9.17) is 5.73 Å². The number of aryl methyl sites for hydroxylation is 1. The van der Waals surface area contributed by atoms with Crippen molar-refractivity contribution in [3.63, 3.8) is 0 Å². The van der Waals surface area contributed by atoms with Gasteiger partial charge in [0.05, 0.1) is 0 Å². The van der Waals surface area contributed by atoms with Gasteiger partial charge in [0.1, 0.15) is 5.60 Å². The molecule has 0 bridgehead atoms. The van der Waals surface area contributed by atoms with Crippen LogP contribution in [-0.4, -0.2) is 17.3 Å². The first-order chi connectivity index (χ1) is 9.40. The SMILES string of the molecule is CC(C)C(O)(C#Cc1cccc(CCCN)c1)C(C)C.